The van der Waals surface area contributed by atoms with Crippen LogP contribution in [-0.4, -0.2) is 56.2 Å². The van der Waals surface area contributed by atoms with Gasteiger partial charge in [-0.15, -0.1) is 0 Å². The van der Waals surface area contributed by atoms with Gasteiger partial charge in [-0.3, -0.25) is 4.90 Å². The van der Waals surface area contributed by atoms with Crippen molar-refractivity contribution in [2.75, 3.05) is 26.3 Å². The van der Waals surface area contributed by atoms with Gasteiger partial charge in [0, 0.05) is 19.6 Å². The highest BCUT2D eigenvalue weighted by atomic mass is 16.3. The van der Waals surface area contributed by atoms with Crippen molar-refractivity contribution in [3.8, 4) is 0 Å². The van der Waals surface area contributed by atoms with Gasteiger partial charge in [0.1, 0.15) is 12.2 Å². The summed E-state index contributed by atoms with van der Waals surface area (Å²) in [4.78, 5) is 6.14. The van der Waals surface area contributed by atoms with Crippen LogP contribution >= 0.6 is 0 Å². The molecule has 0 aromatic carbocycles. The van der Waals surface area contributed by atoms with Crippen molar-refractivity contribution in [3.05, 3.63) is 12.2 Å². The average Bonchev–Trinajstić information content (AvgIpc) is 2.67. The highest BCUT2D eigenvalue weighted by Crippen LogP contribution is 2.01. The largest absolute Gasteiger partial charge is 0.395 e. The molecule has 1 aromatic heterocycles. The lowest BCUT2D eigenvalue weighted by Gasteiger charge is -2.19. The van der Waals surface area contributed by atoms with E-state index in [-0.39, 0.29) is 13.2 Å². The van der Waals surface area contributed by atoms with Gasteiger partial charge >= 0.3 is 0 Å². The Morgan fingerprint density at radius 1 is 1.31 bits per heavy atom. The van der Waals surface area contributed by atoms with Gasteiger partial charge in [-0.2, -0.15) is 5.10 Å². The molecule has 2 N–H and O–H groups in total. The molecule has 92 valence electrons. The molecule has 0 aliphatic carbocycles. The Labute approximate surface area is 95.5 Å². The number of aliphatic hydroxyl groups is 2. The van der Waals surface area contributed by atoms with Gasteiger partial charge in [0.25, 0.3) is 0 Å². The second-order valence-corrected chi connectivity index (χ2v) is 3.62. The van der Waals surface area contributed by atoms with Crippen LogP contribution in [0, 0.1) is 0 Å². The molecule has 6 nitrogen and oxygen atoms in total. The van der Waals surface area contributed by atoms with E-state index >= 15 is 0 Å². The van der Waals surface area contributed by atoms with E-state index in [2.05, 4.69) is 17.0 Å². The molecule has 1 rings (SSSR count). The van der Waals surface area contributed by atoms with Gasteiger partial charge < -0.3 is 10.2 Å². The van der Waals surface area contributed by atoms with Crippen LogP contribution in [0.3, 0.4) is 0 Å². The van der Waals surface area contributed by atoms with Crippen LogP contribution < -0.4 is 0 Å². The van der Waals surface area contributed by atoms with Crippen LogP contribution in [0.1, 0.15) is 19.2 Å². The Kier molecular flexibility index (Phi) is 5.99. The molecule has 0 atom stereocenters. The first kappa shape index (κ1) is 13.1. The van der Waals surface area contributed by atoms with Crippen LogP contribution in [0.15, 0.2) is 6.33 Å². The van der Waals surface area contributed by atoms with Crippen molar-refractivity contribution in [1.82, 2.24) is 19.7 Å². The van der Waals surface area contributed by atoms with Gasteiger partial charge in [0.2, 0.25) is 0 Å². The monoisotopic (exact) mass is 228 g/mol. The lowest BCUT2D eigenvalue weighted by molar-refractivity contribution is 0.151. The summed E-state index contributed by atoms with van der Waals surface area (Å²) in [5.74, 6) is 0.878. The number of rotatable bonds is 8. The molecule has 16 heavy (non-hydrogen) atoms. The average molecular weight is 228 g/mol. The van der Waals surface area contributed by atoms with E-state index in [4.69, 9.17) is 10.2 Å². The topological polar surface area (TPSA) is 74.4 Å². The number of hydrogen-bond donors (Lipinski definition) is 2. The van der Waals surface area contributed by atoms with E-state index < -0.39 is 0 Å². The van der Waals surface area contributed by atoms with Crippen LogP contribution in [-0.2, 0) is 13.1 Å². The molecule has 0 fully saturated rings. The first-order valence-corrected chi connectivity index (χ1v) is 5.62. The molecular weight excluding hydrogens is 208 g/mol. The van der Waals surface area contributed by atoms with E-state index in [1.165, 1.54) is 0 Å². The van der Waals surface area contributed by atoms with E-state index in [1.54, 1.807) is 6.33 Å². The zero-order chi connectivity index (χ0) is 11.8. The third-order valence-electron chi connectivity index (χ3n) is 2.33. The number of nitrogens with zero attached hydrogens (tertiary/aromatic N) is 4. The minimum Gasteiger partial charge on any atom is -0.395 e. The molecule has 6 heteroatoms. The summed E-state index contributed by atoms with van der Waals surface area (Å²) in [6.45, 7) is 4.80. The lowest BCUT2D eigenvalue weighted by Crippen LogP contribution is -2.30. The number of aromatic nitrogens is 3. The Balaban J connectivity index is 2.57. The van der Waals surface area contributed by atoms with Gasteiger partial charge in [-0.1, -0.05) is 6.92 Å². The summed E-state index contributed by atoms with van der Waals surface area (Å²) in [5.41, 5.74) is 0. The molecule has 0 aliphatic rings. The van der Waals surface area contributed by atoms with Gasteiger partial charge in [0.15, 0.2) is 0 Å². The predicted molar refractivity (Wildman–Crippen MR) is 59.8 cm³/mol. The number of aryl methyl sites for hydroxylation is 1. The summed E-state index contributed by atoms with van der Waals surface area (Å²) < 4.78 is 1.86. The number of aliphatic hydroxyl groups excluding tert-OH is 2. The maximum Gasteiger partial charge on any atom is 0.141 e. The molecule has 0 bridgehead atoms. The van der Waals surface area contributed by atoms with Crippen molar-refractivity contribution in [2.24, 2.45) is 0 Å². The standard InChI is InChI=1S/C10H20N4O2/c1-2-3-14-10(11-9-12-14)8-13(4-6-15)5-7-16/h9,15-16H,2-8H2,1H3. The molecule has 0 unspecified atom stereocenters. The Hall–Kier alpha value is -0.980. The molecule has 0 aliphatic heterocycles. The van der Waals surface area contributed by atoms with Crippen LogP contribution in [0.25, 0.3) is 0 Å². The fraction of sp³-hybridized carbons (Fsp3) is 0.800. The summed E-state index contributed by atoms with van der Waals surface area (Å²) >= 11 is 0. The van der Waals surface area contributed by atoms with E-state index in [0.29, 0.717) is 19.6 Å². The van der Waals surface area contributed by atoms with Crippen molar-refractivity contribution in [2.45, 2.75) is 26.4 Å². The molecule has 1 heterocycles. The fourth-order valence-corrected chi connectivity index (χ4v) is 1.56. The molecule has 0 saturated carbocycles. The fourth-order valence-electron chi connectivity index (χ4n) is 1.56. The summed E-state index contributed by atoms with van der Waals surface area (Å²) in [5, 5.41) is 21.9. The Morgan fingerprint density at radius 2 is 2.00 bits per heavy atom. The molecule has 1 aromatic rings. The van der Waals surface area contributed by atoms with Crippen LogP contribution in [0.4, 0.5) is 0 Å². The Morgan fingerprint density at radius 3 is 2.56 bits per heavy atom. The van der Waals surface area contributed by atoms with E-state index in [0.717, 1.165) is 18.8 Å². The molecule has 0 radical (unpaired) electrons. The second kappa shape index (κ2) is 7.32. The third kappa shape index (κ3) is 3.88. The van der Waals surface area contributed by atoms with Crippen LogP contribution in [0.2, 0.25) is 0 Å². The van der Waals surface area contributed by atoms with Gasteiger partial charge in [-0.25, -0.2) is 9.67 Å². The normalized spacial score (nSPS) is 11.2. The molecule has 0 amide bonds. The van der Waals surface area contributed by atoms with Crippen molar-refractivity contribution in [3.63, 3.8) is 0 Å². The first-order chi connectivity index (χ1) is 7.81. The predicted octanol–water partition coefficient (Wildman–Crippen LogP) is -0.525. The quantitative estimate of drug-likeness (QED) is 0.626. The molecule has 0 spiro atoms. The highest BCUT2D eigenvalue weighted by molar-refractivity contribution is 4.84. The maximum atomic E-state index is 8.90. The summed E-state index contributed by atoms with van der Waals surface area (Å²) in [6, 6.07) is 0. The SMILES string of the molecule is CCCn1ncnc1CN(CCO)CCO. The summed E-state index contributed by atoms with van der Waals surface area (Å²) in [6.07, 6.45) is 2.55. The number of hydrogen-bond acceptors (Lipinski definition) is 5. The van der Waals surface area contributed by atoms with Crippen molar-refractivity contribution in [1.29, 1.82) is 0 Å². The zero-order valence-electron chi connectivity index (χ0n) is 9.71. The lowest BCUT2D eigenvalue weighted by atomic mass is 10.4. The zero-order valence-corrected chi connectivity index (χ0v) is 9.71. The maximum absolute atomic E-state index is 8.90. The molecule has 0 saturated heterocycles. The molecular formula is C10H20N4O2. The third-order valence-corrected chi connectivity index (χ3v) is 2.33. The van der Waals surface area contributed by atoms with Gasteiger partial charge in [-0.05, 0) is 6.42 Å². The smallest absolute Gasteiger partial charge is 0.141 e. The minimum absolute atomic E-state index is 0.0852. The Bertz CT molecular complexity index is 284. The van der Waals surface area contributed by atoms with E-state index in [1.807, 2.05) is 9.58 Å². The van der Waals surface area contributed by atoms with Crippen molar-refractivity contribution < 1.29 is 10.2 Å². The minimum atomic E-state index is 0.0852. The highest BCUT2D eigenvalue weighted by Gasteiger charge is 2.09. The van der Waals surface area contributed by atoms with Gasteiger partial charge in [0.05, 0.1) is 19.8 Å². The first-order valence-electron chi connectivity index (χ1n) is 5.62. The summed E-state index contributed by atoms with van der Waals surface area (Å²) in [7, 11) is 0. The van der Waals surface area contributed by atoms with Crippen LogP contribution in [0.5, 0.6) is 0 Å². The second-order valence-electron chi connectivity index (χ2n) is 3.62. The van der Waals surface area contributed by atoms with E-state index in [9.17, 15) is 0 Å². The van der Waals surface area contributed by atoms with Crippen molar-refractivity contribution >= 4 is 0 Å².